The predicted molar refractivity (Wildman–Crippen MR) is 71.7 cm³/mol. The van der Waals surface area contributed by atoms with Gasteiger partial charge in [0.15, 0.2) is 0 Å². The summed E-state index contributed by atoms with van der Waals surface area (Å²) in [7, 11) is 0. The Labute approximate surface area is 114 Å². The number of rotatable bonds is 4. The van der Waals surface area contributed by atoms with Crippen LogP contribution in [0.5, 0.6) is 0 Å². The Kier molecular flexibility index (Phi) is 4.38. The highest BCUT2D eigenvalue weighted by atomic mass is 79.9. The Hall–Kier alpha value is -1.33. The zero-order valence-electron chi connectivity index (χ0n) is 9.90. The van der Waals surface area contributed by atoms with Gasteiger partial charge in [0, 0.05) is 12.4 Å². The van der Waals surface area contributed by atoms with Crippen LogP contribution in [0, 0.1) is 5.82 Å². The summed E-state index contributed by atoms with van der Waals surface area (Å²) in [5.74, 6) is -0.270. The molecule has 1 N–H and O–H groups in total. The summed E-state index contributed by atoms with van der Waals surface area (Å²) in [6, 6.07) is 4.88. The first kappa shape index (κ1) is 13.1. The number of halogens is 2. The summed E-state index contributed by atoms with van der Waals surface area (Å²) in [4.78, 5) is 8.36. The number of hydrogen-bond donors (Lipinski definition) is 1. The molecule has 0 spiro atoms. The van der Waals surface area contributed by atoms with Gasteiger partial charge in [0.2, 0.25) is 0 Å². The van der Waals surface area contributed by atoms with Crippen molar-refractivity contribution in [2.75, 3.05) is 6.54 Å². The largest absolute Gasteiger partial charge is 0.305 e. The topological polar surface area (TPSA) is 37.8 Å². The summed E-state index contributed by atoms with van der Waals surface area (Å²) in [5, 5.41) is 3.32. The molecule has 0 bridgehead atoms. The van der Waals surface area contributed by atoms with Crippen molar-refractivity contribution in [3.63, 3.8) is 0 Å². The normalized spacial score (nSPS) is 12.4. The standard InChI is InChI=1S/C13H13BrFN3/c1-2-17-13(12-8-16-5-6-18-12)9-3-4-11(15)10(14)7-9/h3-8,13,17H,2H2,1H3. The SMILES string of the molecule is CCNC(c1ccc(F)c(Br)c1)c1cnccn1. The summed E-state index contributed by atoms with van der Waals surface area (Å²) < 4.78 is 13.7. The lowest BCUT2D eigenvalue weighted by molar-refractivity contribution is 0.600. The highest BCUT2D eigenvalue weighted by Gasteiger charge is 2.15. The first-order valence-corrected chi connectivity index (χ1v) is 6.46. The van der Waals surface area contributed by atoms with Gasteiger partial charge in [-0.2, -0.15) is 0 Å². The van der Waals surface area contributed by atoms with E-state index in [9.17, 15) is 4.39 Å². The van der Waals surface area contributed by atoms with Crippen LogP contribution >= 0.6 is 15.9 Å². The smallest absolute Gasteiger partial charge is 0.137 e. The zero-order valence-corrected chi connectivity index (χ0v) is 11.5. The first-order valence-electron chi connectivity index (χ1n) is 5.66. The zero-order chi connectivity index (χ0) is 13.0. The van der Waals surface area contributed by atoms with E-state index in [1.807, 2.05) is 6.92 Å². The van der Waals surface area contributed by atoms with Crippen LogP contribution in [0.3, 0.4) is 0 Å². The average Bonchev–Trinajstić information content (AvgIpc) is 2.40. The van der Waals surface area contributed by atoms with Gasteiger partial charge in [-0.25, -0.2) is 4.39 Å². The molecule has 1 atom stereocenters. The van der Waals surface area contributed by atoms with Crippen LogP contribution in [-0.2, 0) is 0 Å². The molecule has 1 aromatic heterocycles. The van der Waals surface area contributed by atoms with Gasteiger partial charge in [-0.05, 0) is 40.2 Å². The third-order valence-corrected chi connectivity index (χ3v) is 3.17. The molecule has 1 aromatic carbocycles. The van der Waals surface area contributed by atoms with Gasteiger partial charge < -0.3 is 5.32 Å². The fourth-order valence-corrected chi connectivity index (χ4v) is 2.15. The van der Waals surface area contributed by atoms with Crippen molar-refractivity contribution in [1.82, 2.24) is 15.3 Å². The van der Waals surface area contributed by atoms with Crippen molar-refractivity contribution < 1.29 is 4.39 Å². The Morgan fingerprint density at radius 3 is 2.83 bits per heavy atom. The maximum absolute atomic E-state index is 13.3. The molecule has 5 heteroatoms. The second-order valence-electron chi connectivity index (χ2n) is 3.79. The fraction of sp³-hybridized carbons (Fsp3) is 0.231. The number of hydrogen-bond acceptors (Lipinski definition) is 3. The molecule has 2 aromatic rings. The quantitative estimate of drug-likeness (QED) is 0.943. The molecular weight excluding hydrogens is 297 g/mol. The van der Waals surface area contributed by atoms with Gasteiger partial charge in [0.05, 0.1) is 22.4 Å². The van der Waals surface area contributed by atoms with Crippen molar-refractivity contribution in [2.45, 2.75) is 13.0 Å². The number of nitrogens with one attached hydrogen (secondary N) is 1. The van der Waals surface area contributed by atoms with Crippen LogP contribution in [0.1, 0.15) is 24.2 Å². The molecule has 94 valence electrons. The van der Waals surface area contributed by atoms with Crippen LogP contribution < -0.4 is 5.32 Å². The number of aromatic nitrogens is 2. The monoisotopic (exact) mass is 309 g/mol. The molecule has 0 aliphatic rings. The molecule has 0 saturated carbocycles. The Bertz CT molecular complexity index is 519. The van der Waals surface area contributed by atoms with Crippen molar-refractivity contribution in [1.29, 1.82) is 0 Å². The second kappa shape index (κ2) is 6.02. The fourth-order valence-electron chi connectivity index (χ4n) is 1.75. The van der Waals surface area contributed by atoms with Gasteiger partial charge in [-0.1, -0.05) is 13.0 Å². The number of nitrogens with zero attached hydrogens (tertiary/aromatic N) is 2. The number of benzene rings is 1. The lowest BCUT2D eigenvalue weighted by Gasteiger charge is -2.17. The summed E-state index contributed by atoms with van der Waals surface area (Å²) >= 11 is 3.20. The minimum absolute atomic E-state index is 0.0828. The Morgan fingerprint density at radius 1 is 1.39 bits per heavy atom. The van der Waals surface area contributed by atoms with E-state index in [2.05, 4.69) is 31.2 Å². The Morgan fingerprint density at radius 2 is 2.22 bits per heavy atom. The van der Waals surface area contributed by atoms with E-state index in [-0.39, 0.29) is 11.9 Å². The minimum atomic E-state index is -0.270. The molecular formula is C13H13BrFN3. The molecule has 0 amide bonds. The lowest BCUT2D eigenvalue weighted by atomic mass is 10.0. The Balaban J connectivity index is 2.38. The highest BCUT2D eigenvalue weighted by Crippen LogP contribution is 2.24. The maximum atomic E-state index is 13.3. The summed E-state index contributed by atoms with van der Waals surface area (Å²) in [5.41, 5.74) is 1.77. The van der Waals surface area contributed by atoms with E-state index >= 15 is 0 Å². The second-order valence-corrected chi connectivity index (χ2v) is 4.65. The van der Waals surface area contributed by atoms with E-state index in [1.54, 1.807) is 30.7 Å². The van der Waals surface area contributed by atoms with Crippen molar-refractivity contribution >= 4 is 15.9 Å². The van der Waals surface area contributed by atoms with Crippen molar-refractivity contribution in [3.05, 3.63) is 58.3 Å². The van der Waals surface area contributed by atoms with E-state index in [0.29, 0.717) is 4.47 Å². The molecule has 2 rings (SSSR count). The van der Waals surface area contributed by atoms with Gasteiger partial charge in [0.1, 0.15) is 5.82 Å². The molecule has 3 nitrogen and oxygen atoms in total. The molecule has 1 unspecified atom stereocenters. The average molecular weight is 310 g/mol. The minimum Gasteiger partial charge on any atom is -0.305 e. The van der Waals surface area contributed by atoms with E-state index in [0.717, 1.165) is 17.8 Å². The van der Waals surface area contributed by atoms with Crippen molar-refractivity contribution in [3.8, 4) is 0 Å². The molecule has 0 radical (unpaired) electrons. The first-order chi connectivity index (χ1) is 8.72. The van der Waals surface area contributed by atoms with Gasteiger partial charge in [-0.15, -0.1) is 0 Å². The maximum Gasteiger partial charge on any atom is 0.137 e. The third-order valence-electron chi connectivity index (χ3n) is 2.56. The predicted octanol–water partition coefficient (Wildman–Crippen LogP) is 3.08. The van der Waals surface area contributed by atoms with E-state index < -0.39 is 0 Å². The van der Waals surface area contributed by atoms with Crippen LogP contribution in [0.15, 0.2) is 41.3 Å². The van der Waals surface area contributed by atoms with E-state index in [4.69, 9.17) is 0 Å². The summed E-state index contributed by atoms with van der Waals surface area (Å²) in [6.45, 7) is 2.80. The molecule has 0 saturated heterocycles. The molecule has 0 fully saturated rings. The van der Waals surface area contributed by atoms with Crippen LogP contribution in [0.25, 0.3) is 0 Å². The summed E-state index contributed by atoms with van der Waals surface area (Å²) in [6.07, 6.45) is 5.00. The van der Waals surface area contributed by atoms with Gasteiger partial charge in [-0.3, -0.25) is 9.97 Å². The lowest BCUT2D eigenvalue weighted by Crippen LogP contribution is -2.23. The van der Waals surface area contributed by atoms with Crippen LogP contribution in [0.2, 0.25) is 0 Å². The molecule has 18 heavy (non-hydrogen) atoms. The van der Waals surface area contributed by atoms with Gasteiger partial charge in [0.25, 0.3) is 0 Å². The molecule has 0 aliphatic heterocycles. The molecule has 1 heterocycles. The van der Waals surface area contributed by atoms with Crippen LogP contribution in [0.4, 0.5) is 4.39 Å². The van der Waals surface area contributed by atoms with Crippen LogP contribution in [-0.4, -0.2) is 16.5 Å². The third kappa shape index (κ3) is 2.91. The molecule has 0 aliphatic carbocycles. The van der Waals surface area contributed by atoms with E-state index in [1.165, 1.54) is 6.07 Å². The van der Waals surface area contributed by atoms with Gasteiger partial charge >= 0.3 is 0 Å². The van der Waals surface area contributed by atoms with Crippen molar-refractivity contribution in [2.24, 2.45) is 0 Å². The highest BCUT2D eigenvalue weighted by molar-refractivity contribution is 9.10.